The number of hydrogen-bond donors (Lipinski definition) is 1. The lowest BCUT2D eigenvalue weighted by Gasteiger charge is -2.09. The van der Waals surface area contributed by atoms with E-state index in [1.54, 1.807) is 0 Å². The predicted molar refractivity (Wildman–Crippen MR) is 47.3 cm³/mol. The van der Waals surface area contributed by atoms with Crippen LogP contribution in [0.5, 0.6) is 0 Å². The number of ether oxygens (including phenoxy) is 1. The zero-order valence-corrected chi connectivity index (χ0v) is 7.86. The van der Waals surface area contributed by atoms with Crippen LogP contribution in [-0.4, -0.2) is 23.7 Å². The van der Waals surface area contributed by atoms with Crippen molar-refractivity contribution in [3.63, 3.8) is 0 Å². The highest BCUT2D eigenvalue weighted by Gasteiger charge is 2.17. The van der Waals surface area contributed by atoms with Crippen molar-refractivity contribution in [2.75, 3.05) is 0 Å². The van der Waals surface area contributed by atoms with E-state index >= 15 is 0 Å². The first-order valence-corrected chi connectivity index (χ1v) is 4.54. The maximum Gasteiger partial charge on any atom is 0.345 e. The van der Waals surface area contributed by atoms with E-state index in [9.17, 15) is 9.59 Å². The van der Waals surface area contributed by atoms with Gasteiger partial charge in [-0.15, -0.1) is 0 Å². The van der Waals surface area contributed by atoms with Crippen LogP contribution in [0.2, 0.25) is 0 Å². The van der Waals surface area contributed by atoms with Gasteiger partial charge in [0.15, 0.2) is 6.10 Å². The Bertz CT molecular complexity index is 156. The highest BCUT2D eigenvalue weighted by molar-refractivity contribution is 5.73. The third-order valence-electron chi connectivity index (χ3n) is 1.82. The number of aliphatic carboxylic acids is 1. The van der Waals surface area contributed by atoms with Gasteiger partial charge in [-0.05, 0) is 12.8 Å². The van der Waals surface area contributed by atoms with E-state index in [2.05, 4.69) is 11.7 Å². The largest absolute Gasteiger partial charge is 0.479 e. The lowest BCUT2D eigenvalue weighted by atomic mass is 10.1. The normalized spacial score (nSPS) is 12.1. The Morgan fingerprint density at radius 2 is 2.15 bits per heavy atom. The van der Waals surface area contributed by atoms with Gasteiger partial charge < -0.3 is 9.84 Å². The number of hydrogen-bond acceptors (Lipinski definition) is 3. The Balaban J connectivity index is 3.56. The molecule has 0 spiro atoms. The molecular formula is C9H16O4. The zero-order chi connectivity index (χ0) is 10.1. The summed E-state index contributed by atoms with van der Waals surface area (Å²) in [5, 5.41) is 8.58. The van der Waals surface area contributed by atoms with Gasteiger partial charge in [0.2, 0.25) is 0 Å². The molecule has 0 aliphatic rings. The summed E-state index contributed by atoms with van der Waals surface area (Å²) >= 11 is 0. The second-order valence-electron chi connectivity index (χ2n) is 2.91. The van der Waals surface area contributed by atoms with Crippen molar-refractivity contribution >= 4 is 12.4 Å². The number of carbonyl (C=O) groups is 2. The Morgan fingerprint density at radius 1 is 1.46 bits per heavy atom. The van der Waals surface area contributed by atoms with Gasteiger partial charge in [-0.25, -0.2) is 4.79 Å². The molecular weight excluding hydrogens is 172 g/mol. The average molecular weight is 188 g/mol. The van der Waals surface area contributed by atoms with E-state index in [1.165, 1.54) is 0 Å². The molecule has 1 unspecified atom stereocenters. The Kier molecular flexibility index (Phi) is 6.96. The molecule has 76 valence electrons. The molecule has 0 aliphatic carbocycles. The quantitative estimate of drug-likeness (QED) is 0.464. The first-order chi connectivity index (χ1) is 6.22. The highest BCUT2D eigenvalue weighted by Crippen LogP contribution is 2.07. The lowest BCUT2D eigenvalue weighted by molar-refractivity contribution is -0.156. The highest BCUT2D eigenvalue weighted by atomic mass is 16.5. The molecule has 0 saturated heterocycles. The van der Waals surface area contributed by atoms with Crippen LogP contribution in [0.4, 0.5) is 0 Å². The molecule has 0 saturated carbocycles. The molecule has 0 bridgehead atoms. The van der Waals surface area contributed by atoms with Crippen LogP contribution in [0.25, 0.3) is 0 Å². The van der Waals surface area contributed by atoms with Crippen molar-refractivity contribution in [1.82, 2.24) is 0 Å². The van der Waals surface area contributed by atoms with Crippen molar-refractivity contribution in [3.8, 4) is 0 Å². The zero-order valence-electron chi connectivity index (χ0n) is 7.86. The van der Waals surface area contributed by atoms with Gasteiger partial charge in [0.25, 0.3) is 6.47 Å². The number of carboxylic acid groups (broad SMARTS) is 1. The van der Waals surface area contributed by atoms with E-state index in [-0.39, 0.29) is 6.47 Å². The van der Waals surface area contributed by atoms with Crippen LogP contribution in [0.15, 0.2) is 0 Å². The van der Waals surface area contributed by atoms with Crippen LogP contribution < -0.4 is 0 Å². The molecule has 0 aromatic heterocycles. The van der Waals surface area contributed by atoms with Gasteiger partial charge in [-0.1, -0.05) is 26.2 Å². The van der Waals surface area contributed by atoms with Gasteiger partial charge in [-0.2, -0.15) is 0 Å². The monoisotopic (exact) mass is 188 g/mol. The summed E-state index contributed by atoms with van der Waals surface area (Å²) in [5.41, 5.74) is 0. The smallest absolute Gasteiger partial charge is 0.345 e. The fraction of sp³-hybridized carbons (Fsp3) is 0.778. The molecule has 0 aromatic carbocycles. The molecule has 13 heavy (non-hydrogen) atoms. The Hall–Kier alpha value is -1.06. The predicted octanol–water partition coefficient (Wildman–Crippen LogP) is 1.58. The van der Waals surface area contributed by atoms with E-state index in [0.717, 1.165) is 25.7 Å². The van der Waals surface area contributed by atoms with Crippen molar-refractivity contribution in [2.24, 2.45) is 0 Å². The standard InChI is InChI=1S/C9H16O4/c1-2-3-4-5-6-8(9(11)12)13-7-10/h7-8H,2-6H2,1H3,(H,11,12). The molecule has 0 fully saturated rings. The summed E-state index contributed by atoms with van der Waals surface area (Å²) in [5.74, 6) is -1.07. The first kappa shape index (κ1) is 11.9. The molecule has 0 amide bonds. The van der Waals surface area contributed by atoms with Gasteiger partial charge in [0.1, 0.15) is 0 Å². The molecule has 0 radical (unpaired) electrons. The van der Waals surface area contributed by atoms with E-state index in [4.69, 9.17) is 5.11 Å². The van der Waals surface area contributed by atoms with Crippen LogP contribution in [0.1, 0.15) is 39.0 Å². The van der Waals surface area contributed by atoms with Crippen LogP contribution in [-0.2, 0) is 14.3 Å². The maximum absolute atomic E-state index is 10.5. The van der Waals surface area contributed by atoms with E-state index in [0.29, 0.717) is 6.42 Å². The van der Waals surface area contributed by atoms with Gasteiger partial charge in [0, 0.05) is 0 Å². The summed E-state index contributed by atoms with van der Waals surface area (Å²) in [6, 6.07) is 0. The maximum atomic E-state index is 10.5. The average Bonchev–Trinajstić information content (AvgIpc) is 2.10. The minimum absolute atomic E-state index is 0.193. The SMILES string of the molecule is CCCCCCC(OC=O)C(=O)O. The van der Waals surface area contributed by atoms with E-state index in [1.807, 2.05) is 0 Å². The summed E-state index contributed by atoms with van der Waals surface area (Å²) in [6.07, 6.45) is 3.42. The molecule has 0 rings (SSSR count). The molecule has 1 N–H and O–H groups in total. The molecule has 4 nitrogen and oxygen atoms in total. The molecule has 0 aromatic rings. The van der Waals surface area contributed by atoms with Crippen molar-refractivity contribution in [1.29, 1.82) is 0 Å². The van der Waals surface area contributed by atoms with Crippen LogP contribution in [0, 0.1) is 0 Å². The second-order valence-corrected chi connectivity index (χ2v) is 2.91. The third kappa shape index (κ3) is 6.13. The number of carbonyl (C=O) groups excluding carboxylic acids is 1. The lowest BCUT2D eigenvalue weighted by Crippen LogP contribution is -2.23. The summed E-state index contributed by atoms with van der Waals surface area (Å²) in [6.45, 7) is 2.27. The fourth-order valence-electron chi connectivity index (χ4n) is 1.07. The molecule has 0 aliphatic heterocycles. The summed E-state index contributed by atoms with van der Waals surface area (Å²) < 4.78 is 4.40. The molecule has 0 heterocycles. The minimum Gasteiger partial charge on any atom is -0.479 e. The van der Waals surface area contributed by atoms with Gasteiger partial charge >= 0.3 is 5.97 Å². The van der Waals surface area contributed by atoms with E-state index < -0.39 is 12.1 Å². The molecule has 4 heteroatoms. The molecule has 1 atom stereocenters. The summed E-state index contributed by atoms with van der Waals surface area (Å²) in [4.78, 5) is 20.4. The van der Waals surface area contributed by atoms with Crippen molar-refractivity contribution in [2.45, 2.75) is 45.1 Å². The number of unbranched alkanes of at least 4 members (excludes halogenated alkanes) is 3. The van der Waals surface area contributed by atoms with Crippen molar-refractivity contribution in [3.05, 3.63) is 0 Å². The van der Waals surface area contributed by atoms with Crippen molar-refractivity contribution < 1.29 is 19.4 Å². The second kappa shape index (κ2) is 7.58. The Labute approximate surface area is 77.9 Å². The van der Waals surface area contributed by atoms with Crippen LogP contribution >= 0.6 is 0 Å². The minimum atomic E-state index is -1.07. The van der Waals surface area contributed by atoms with Gasteiger partial charge in [0.05, 0.1) is 0 Å². The van der Waals surface area contributed by atoms with Gasteiger partial charge in [-0.3, -0.25) is 4.79 Å². The van der Waals surface area contributed by atoms with Crippen LogP contribution in [0.3, 0.4) is 0 Å². The first-order valence-electron chi connectivity index (χ1n) is 4.54. The Morgan fingerprint density at radius 3 is 2.62 bits per heavy atom. The topological polar surface area (TPSA) is 63.6 Å². The third-order valence-corrected chi connectivity index (χ3v) is 1.82. The number of rotatable bonds is 8. The fourth-order valence-corrected chi connectivity index (χ4v) is 1.07. The summed E-state index contributed by atoms with van der Waals surface area (Å²) in [7, 11) is 0. The number of carboxylic acids is 1.